The maximum atomic E-state index is 11.7. The second-order valence-corrected chi connectivity index (χ2v) is 6.55. The summed E-state index contributed by atoms with van der Waals surface area (Å²) in [6, 6.07) is 2.74. The first kappa shape index (κ1) is 19.7. The molecule has 10 heteroatoms. The number of halogens is 1. The van der Waals surface area contributed by atoms with Gasteiger partial charge in [0.15, 0.2) is 6.04 Å². The third-order valence-electron chi connectivity index (χ3n) is 2.53. The maximum Gasteiger partial charge on any atom is 0.408 e. The first-order valence-electron chi connectivity index (χ1n) is 6.79. The number of nitro benzene ring substituents is 1. The average Bonchev–Trinajstić information content (AvgIpc) is 2.41. The van der Waals surface area contributed by atoms with Crippen LogP contribution in [0.2, 0.25) is 0 Å². The molecule has 0 aromatic heterocycles. The molecule has 1 rings (SSSR count). The number of carbonyl (C=O) groups excluding carboxylic acids is 1. The van der Waals surface area contributed by atoms with Gasteiger partial charge < -0.3 is 19.9 Å². The number of amides is 1. The fraction of sp³-hybridized carbons (Fsp3) is 0.429. The fourth-order valence-electron chi connectivity index (χ4n) is 1.58. The van der Waals surface area contributed by atoms with Crippen molar-refractivity contribution in [1.82, 2.24) is 5.32 Å². The summed E-state index contributed by atoms with van der Waals surface area (Å²) in [6.07, 6.45) is -0.930. The van der Waals surface area contributed by atoms with Crippen molar-refractivity contribution in [3.05, 3.63) is 32.8 Å². The third-order valence-corrected chi connectivity index (χ3v) is 3.15. The van der Waals surface area contributed by atoms with E-state index in [1.54, 1.807) is 20.8 Å². The summed E-state index contributed by atoms with van der Waals surface area (Å²) >= 11 is 3.10. The van der Waals surface area contributed by atoms with E-state index in [2.05, 4.69) is 21.2 Å². The molecule has 0 spiro atoms. The van der Waals surface area contributed by atoms with Gasteiger partial charge in [0, 0.05) is 6.07 Å². The number of nitrogens with zero attached hydrogens (tertiary/aromatic N) is 1. The van der Waals surface area contributed by atoms with Crippen molar-refractivity contribution in [3.8, 4) is 5.75 Å². The summed E-state index contributed by atoms with van der Waals surface area (Å²) in [5.41, 5.74) is -1.12. The summed E-state index contributed by atoms with van der Waals surface area (Å²) < 4.78 is 10.5. The maximum absolute atomic E-state index is 11.7. The minimum atomic E-state index is -1.44. The quantitative estimate of drug-likeness (QED) is 0.550. The number of rotatable bonds is 6. The van der Waals surface area contributed by atoms with E-state index in [0.29, 0.717) is 0 Å². The van der Waals surface area contributed by atoms with Gasteiger partial charge in [-0.1, -0.05) is 6.07 Å². The molecular weight excluding hydrogens is 388 g/mol. The molecule has 1 unspecified atom stereocenters. The zero-order valence-electron chi connectivity index (χ0n) is 13.2. The zero-order chi connectivity index (χ0) is 18.5. The van der Waals surface area contributed by atoms with Crippen LogP contribution in [0.25, 0.3) is 0 Å². The highest BCUT2D eigenvalue weighted by molar-refractivity contribution is 9.10. The first-order valence-corrected chi connectivity index (χ1v) is 7.58. The van der Waals surface area contributed by atoms with E-state index in [1.165, 1.54) is 18.2 Å². The number of nitro groups is 1. The van der Waals surface area contributed by atoms with Crippen molar-refractivity contribution in [2.45, 2.75) is 32.4 Å². The Bertz CT molecular complexity index is 643. The van der Waals surface area contributed by atoms with Gasteiger partial charge in [-0.3, -0.25) is 10.1 Å². The van der Waals surface area contributed by atoms with Gasteiger partial charge in [-0.2, -0.15) is 0 Å². The topological polar surface area (TPSA) is 128 Å². The molecule has 0 aliphatic carbocycles. The van der Waals surface area contributed by atoms with Crippen LogP contribution in [0.15, 0.2) is 22.7 Å². The molecule has 1 aromatic rings. The summed E-state index contributed by atoms with van der Waals surface area (Å²) in [6.45, 7) is 4.37. The number of carbonyl (C=O) groups is 2. The molecule has 1 amide bonds. The van der Waals surface area contributed by atoms with Crippen molar-refractivity contribution in [2.75, 3.05) is 6.61 Å². The molecule has 132 valence electrons. The lowest BCUT2D eigenvalue weighted by atomic mass is 10.2. The summed E-state index contributed by atoms with van der Waals surface area (Å²) in [5, 5.41) is 22.3. The van der Waals surface area contributed by atoms with Crippen molar-refractivity contribution in [3.63, 3.8) is 0 Å². The van der Waals surface area contributed by atoms with Crippen LogP contribution in [0, 0.1) is 10.1 Å². The van der Waals surface area contributed by atoms with E-state index in [9.17, 15) is 19.7 Å². The SMILES string of the molecule is CC(C)(C)OC(=O)NC(COc1c(Br)cccc1[N+](=O)[O-])C(=O)O. The molecule has 0 heterocycles. The lowest BCUT2D eigenvalue weighted by Crippen LogP contribution is -2.46. The molecule has 9 nitrogen and oxygen atoms in total. The molecule has 24 heavy (non-hydrogen) atoms. The monoisotopic (exact) mass is 404 g/mol. The number of hydrogen-bond donors (Lipinski definition) is 2. The molecule has 0 aliphatic heterocycles. The lowest BCUT2D eigenvalue weighted by molar-refractivity contribution is -0.386. The Balaban J connectivity index is 2.84. The number of carboxylic acids is 1. The van der Waals surface area contributed by atoms with Gasteiger partial charge in [0.25, 0.3) is 0 Å². The normalized spacial score (nSPS) is 12.2. The van der Waals surface area contributed by atoms with Crippen LogP contribution in [0.5, 0.6) is 5.75 Å². The second-order valence-electron chi connectivity index (χ2n) is 5.69. The standard InChI is InChI=1S/C14H17BrN2O7/c1-14(2,3)24-13(20)16-9(12(18)19)7-23-11-8(15)5-4-6-10(11)17(21)22/h4-6,9H,7H2,1-3H3,(H,16,20)(H,18,19). The molecule has 1 atom stereocenters. The Morgan fingerprint density at radius 3 is 2.54 bits per heavy atom. The van der Waals surface area contributed by atoms with E-state index in [-0.39, 0.29) is 15.9 Å². The number of benzene rings is 1. The molecule has 0 saturated heterocycles. The fourth-order valence-corrected chi connectivity index (χ4v) is 2.05. The van der Waals surface area contributed by atoms with Crippen molar-refractivity contribution < 1.29 is 29.1 Å². The highest BCUT2D eigenvalue weighted by Gasteiger charge is 2.26. The summed E-state index contributed by atoms with van der Waals surface area (Å²) in [5.74, 6) is -1.49. The van der Waals surface area contributed by atoms with Crippen LogP contribution >= 0.6 is 15.9 Å². The van der Waals surface area contributed by atoms with Crippen LogP contribution in [0.4, 0.5) is 10.5 Å². The average molecular weight is 405 g/mol. The Hall–Kier alpha value is -2.36. The Morgan fingerprint density at radius 1 is 1.42 bits per heavy atom. The third kappa shape index (κ3) is 6.03. The van der Waals surface area contributed by atoms with Crippen molar-refractivity contribution >= 4 is 33.7 Å². The Kier molecular flexibility index (Phi) is 6.52. The minimum absolute atomic E-state index is 0.125. The lowest BCUT2D eigenvalue weighted by Gasteiger charge is -2.22. The van der Waals surface area contributed by atoms with E-state index < -0.39 is 35.2 Å². The molecule has 1 aromatic carbocycles. The Labute approximate surface area is 146 Å². The molecule has 0 saturated carbocycles. The van der Waals surface area contributed by atoms with Gasteiger partial charge in [0.1, 0.15) is 12.2 Å². The predicted octanol–water partition coefficient (Wildman–Crippen LogP) is 2.71. The van der Waals surface area contributed by atoms with Gasteiger partial charge in [0.2, 0.25) is 5.75 Å². The molecule has 0 radical (unpaired) electrons. The zero-order valence-corrected chi connectivity index (χ0v) is 14.8. The number of nitrogens with one attached hydrogen (secondary N) is 1. The van der Waals surface area contributed by atoms with Gasteiger partial charge in [-0.05, 0) is 42.8 Å². The number of alkyl carbamates (subject to hydrolysis) is 1. The predicted molar refractivity (Wildman–Crippen MR) is 87.1 cm³/mol. The molecule has 0 bridgehead atoms. The summed E-state index contributed by atoms with van der Waals surface area (Å²) in [4.78, 5) is 33.2. The van der Waals surface area contributed by atoms with Crippen LogP contribution in [0.3, 0.4) is 0 Å². The molecule has 2 N–H and O–H groups in total. The van der Waals surface area contributed by atoms with Gasteiger partial charge in [-0.15, -0.1) is 0 Å². The van der Waals surface area contributed by atoms with Crippen LogP contribution < -0.4 is 10.1 Å². The first-order chi connectivity index (χ1) is 11.0. The van der Waals surface area contributed by atoms with E-state index >= 15 is 0 Å². The molecule has 0 aliphatic rings. The number of ether oxygens (including phenoxy) is 2. The highest BCUT2D eigenvalue weighted by Crippen LogP contribution is 2.34. The smallest absolute Gasteiger partial charge is 0.408 e. The number of aliphatic carboxylic acids is 1. The molecule has 0 fully saturated rings. The van der Waals surface area contributed by atoms with E-state index in [0.717, 1.165) is 0 Å². The summed E-state index contributed by atoms with van der Waals surface area (Å²) in [7, 11) is 0. The van der Waals surface area contributed by atoms with Crippen LogP contribution in [0.1, 0.15) is 20.8 Å². The van der Waals surface area contributed by atoms with Gasteiger partial charge in [0.05, 0.1) is 9.40 Å². The van der Waals surface area contributed by atoms with E-state index in [1.807, 2.05) is 0 Å². The number of para-hydroxylation sites is 1. The van der Waals surface area contributed by atoms with Crippen LogP contribution in [-0.4, -0.2) is 40.3 Å². The van der Waals surface area contributed by atoms with Crippen molar-refractivity contribution in [1.29, 1.82) is 0 Å². The minimum Gasteiger partial charge on any atom is -0.483 e. The molecular formula is C14H17BrN2O7. The second kappa shape index (κ2) is 7.95. The number of hydrogen-bond acceptors (Lipinski definition) is 6. The largest absolute Gasteiger partial charge is 0.483 e. The van der Waals surface area contributed by atoms with Gasteiger partial charge >= 0.3 is 17.7 Å². The van der Waals surface area contributed by atoms with E-state index in [4.69, 9.17) is 14.6 Å². The highest BCUT2D eigenvalue weighted by atomic mass is 79.9. The Morgan fingerprint density at radius 2 is 2.04 bits per heavy atom. The van der Waals surface area contributed by atoms with Crippen molar-refractivity contribution in [2.24, 2.45) is 0 Å². The van der Waals surface area contributed by atoms with Gasteiger partial charge in [-0.25, -0.2) is 9.59 Å². The van der Waals surface area contributed by atoms with Crippen LogP contribution in [-0.2, 0) is 9.53 Å². The number of carboxylic acid groups (broad SMARTS) is 1.